The van der Waals surface area contributed by atoms with Crippen LogP contribution < -0.4 is 0 Å². The molecule has 3 rings (SSSR count). The third-order valence-electron chi connectivity index (χ3n) is 6.23. The van der Waals surface area contributed by atoms with Crippen molar-refractivity contribution >= 4 is 26.9 Å². The number of hydrogen-bond acceptors (Lipinski definition) is 5. The first kappa shape index (κ1) is 27.9. The van der Waals surface area contributed by atoms with Crippen LogP contribution in [0.4, 0.5) is 0 Å². The maximum atomic E-state index is 14.2. The lowest BCUT2D eigenvalue weighted by atomic mass is 10.0. The summed E-state index contributed by atoms with van der Waals surface area (Å²) in [5.41, 5.74) is -0.0214. The summed E-state index contributed by atoms with van der Waals surface area (Å²) in [6, 6.07) is 6.61. The second kappa shape index (κ2) is 10.8. The van der Waals surface area contributed by atoms with E-state index in [4.69, 9.17) is 4.42 Å². The minimum atomic E-state index is -4.08. The van der Waals surface area contributed by atoms with Crippen molar-refractivity contribution in [3.63, 3.8) is 0 Å². The number of rotatable bonds is 11. The number of furan rings is 1. The Bertz CT molecular complexity index is 1280. The largest absolute Gasteiger partial charge is 0.464 e. The van der Waals surface area contributed by atoms with Gasteiger partial charge < -0.3 is 13.9 Å². The number of fused-ring (bicyclic) bond motifs is 1. The highest BCUT2D eigenvalue weighted by Gasteiger charge is 2.45. The van der Waals surface area contributed by atoms with Gasteiger partial charge in [-0.25, -0.2) is 13.4 Å². The molecule has 0 aliphatic heterocycles. The summed E-state index contributed by atoms with van der Waals surface area (Å²) < 4.78 is 37.1. The van der Waals surface area contributed by atoms with Crippen molar-refractivity contribution in [3.8, 4) is 0 Å². The number of amides is 1. The number of hydrogen-bond donors (Lipinski definition) is 0. The fourth-order valence-electron chi connectivity index (χ4n) is 4.50. The van der Waals surface area contributed by atoms with Crippen LogP contribution in [0.25, 0.3) is 11.0 Å². The van der Waals surface area contributed by atoms with E-state index in [9.17, 15) is 13.2 Å². The SMILES string of the molecule is CC(C)CN(CC(C)C)C(=O)C(C)(C)N(Cc1cncn1C(C)C)S(=O)(=O)c1ccc2occc2c1. The number of carbonyl (C=O) groups excluding carboxylic acids is 1. The average molecular weight is 517 g/mol. The van der Waals surface area contributed by atoms with Crippen molar-refractivity contribution in [2.24, 2.45) is 11.8 Å². The highest BCUT2D eigenvalue weighted by molar-refractivity contribution is 7.89. The Morgan fingerprint density at radius 3 is 2.28 bits per heavy atom. The van der Waals surface area contributed by atoms with Crippen molar-refractivity contribution in [2.45, 2.75) is 78.4 Å². The van der Waals surface area contributed by atoms with Crippen molar-refractivity contribution in [1.29, 1.82) is 0 Å². The second-order valence-electron chi connectivity index (χ2n) is 11.1. The van der Waals surface area contributed by atoms with Gasteiger partial charge in [0.15, 0.2) is 0 Å². The molecule has 1 amide bonds. The molecule has 0 bridgehead atoms. The van der Waals surface area contributed by atoms with E-state index in [0.717, 1.165) is 5.69 Å². The van der Waals surface area contributed by atoms with E-state index in [-0.39, 0.29) is 35.2 Å². The molecule has 2 heterocycles. The van der Waals surface area contributed by atoms with Gasteiger partial charge >= 0.3 is 0 Å². The lowest BCUT2D eigenvalue weighted by Gasteiger charge is -2.40. The summed E-state index contributed by atoms with van der Waals surface area (Å²) in [7, 11) is -4.08. The van der Waals surface area contributed by atoms with Crippen molar-refractivity contribution < 1.29 is 17.6 Å². The van der Waals surface area contributed by atoms with Gasteiger partial charge in [0.1, 0.15) is 11.1 Å². The van der Waals surface area contributed by atoms with Gasteiger partial charge in [-0.3, -0.25) is 4.79 Å². The van der Waals surface area contributed by atoms with E-state index < -0.39 is 15.6 Å². The van der Waals surface area contributed by atoms with Crippen LogP contribution in [0.5, 0.6) is 0 Å². The lowest BCUT2D eigenvalue weighted by Crippen LogP contribution is -2.58. The molecule has 0 aliphatic rings. The first-order chi connectivity index (χ1) is 16.7. The van der Waals surface area contributed by atoms with Gasteiger partial charge in [0.05, 0.1) is 29.7 Å². The van der Waals surface area contributed by atoms with Crippen LogP contribution in [0.2, 0.25) is 0 Å². The van der Waals surface area contributed by atoms with Crippen molar-refractivity contribution in [1.82, 2.24) is 18.8 Å². The maximum absolute atomic E-state index is 14.2. The third kappa shape index (κ3) is 5.83. The zero-order valence-corrected chi connectivity index (χ0v) is 23.5. The van der Waals surface area contributed by atoms with Crippen LogP contribution in [0.15, 0.2) is 52.4 Å². The third-order valence-corrected chi connectivity index (χ3v) is 8.24. The number of imidazole rings is 1. The summed E-state index contributed by atoms with van der Waals surface area (Å²) >= 11 is 0. The van der Waals surface area contributed by atoms with Gasteiger partial charge in [-0.05, 0) is 63.8 Å². The molecular formula is C27H40N4O4S. The molecule has 8 nitrogen and oxygen atoms in total. The molecule has 0 radical (unpaired) electrons. The highest BCUT2D eigenvalue weighted by atomic mass is 32.2. The van der Waals surface area contributed by atoms with E-state index >= 15 is 0 Å². The molecule has 0 saturated heterocycles. The fraction of sp³-hybridized carbons (Fsp3) is 0.556. The predicted octanol–water partition coefficient (Wildman–Crippen LogP) is 5.32. The topological polar surface area (TPSA) is 88.7 Å². The Labute approximate surface area is 215 Å². The van der Waals surface area contributed by atoms with Gasteiger partial charge in [0.25, 0.3) is 0 Å². The molecule has 9 heteroatoms. The van der Waals surface area contributed by atoms with Crippen LogP contribution in [-0.4, -0.2) is 51.7 Å². The quantitative estimate of drug-likeness (QED) is 0.344. The maximum Gasteiger partial charge on any atom is 0.244 e. The van der Waals surface area contributed by atoms with Gasteiger partial charge in [0.2, 0.25) is 15.9 Å². The second-order valence-corrected chi connectivity index (χ2v) is 12.9. The average Bonchev–Trinajstić information content (AvgIpc) is 3.44. The zero-order chi connectivity index (χ0) is 26.8. The highest BCUT2D eigenvalue weighted by Crippen LogP contribution is 2.31. The number of nitrogens with zero attached hydrogens (tertiary/aromatic N) is 4. The number of aromatic nitrogens is 2. The standard InChI is InChI=1S/C27H40N4O4S/c1-19(2)15-29(16-20(3)4)26(32)27(7,8)31(17-23-14-28-18-30(23)21(5)6)36(33,34)24-9-10-25-22(13-24)11-12-35-25/h9-14,18-21H,15-17H2,1-8H3. The molecule has 0 N–H and O–H groups in total. The van der Waals surface area contributed by atoms with Gasteiger partial charge in [-0.15, -0.1) is 0 Å². The molecule has 0 saturated carbocycles. The monoisotopic (exact) mass is 516 g/mol. The molecule has 0 fully saturated rings. The van der Waals surface area contributed by atoms with E-state index in [1.807, 2.05) is 18.4 Å². The van der Waals surface area contributed by atoms with Crippen LogP contribution >= 0.6 is 0 Å². The lowest BCUT2D eigenvalue weighted by molar-refractivity contribution is -0.141. The molecule has 198 valence electrons. The van der Waals surface area contributed by atoms with Crippen LogP contribution in [0.3, 0.4) is 0 Å². The molecule has 36 heavy (non-hydrogen) atoms. The van der Waals surface area contributed by atoms with Gasteiger partial charge in [0, 0.05) is 30.7 Å². The van der Waals surface area contributed by atoms with E-state index in [1.165, 1.54) is 16.6 Å². The van der Waals surface area contributed by atoms with Crippen molar-refractivity contribution in [3.05, 3.63) is 48.7 Å². The Morgan fingerprint density at radius 1 is 1.06 bits per heavy atom. The molecular weight excluding hydrogens is 476 g/mol. The number of sulfonamides is 1. The van der Waals surface area contributed by atoms with E-state index in [2.05, 4.69) is 32.7 Å². The van der Waals surface area contributed by atoms with Crippen molar-refractivity contribution in [2.75, 3.05) is 13.1 Å². The van der Waals surface area contributed by atoms with Crippen LogP contribution in [0, 0.1) is 11.8 Å². The van der Waals surface area contributed by atoms with E-state index in [0.29, 0.717) is 24.1 Å². The Balaban J connectivity index is 2.13. The normalized spacial score (nSPS) is 13.0. The molecule has 1 aromatic carbocycles. The predicted molar refractivity (Wildman–Crippen MR) is 142 cm³/mol. The minimum absolute atomic E-state index is 0.0138. The molecule has 3 aromatic rings. The Hall–Kier alpha value is -2.65. The molecule has 2 aromatic heterocycles. The Kier molecular flexibility index (Phi) is 8.35. The summed E-state index contributed by atoms with van der Waals surface area (Å²) in [6.07, 6.45) is 4.90. The Morgan fingerprint density at radius 2 is 1.69 bits per heavy atom. The summed E-state index contributed by atoms with van der Waals surface area (Å²) in [5, 5.41) is 0.689. The molecule has 0 unspecified atom stereocenters. The van der Waals surface area contributed by atoms with Gasteiger partial charge in [-0.2, -0.15) is 4.31 Å². The van der Waals surface area contributed by atoms with E-state index in [1.54, 1.807) is 49.5 Å². The first-order valence-corrected chi connectivity index (χ1v) is 14.0. The fourth-order valence-corrected chi connectivity index (χ4v) is 6.25. The molecule has 0 spiro atoms. The number of benzene rings is 1. The van der Waals surface area contributed by atoms with Crippen LogP contribution in [0.1, 0.15) is 67.1 Å². The molecule has 0 aliphatic carbocycles. The zero-order valence-electron chi connectivity index (χ0n) is 22.7. The minimum Gasteiger partial charge on any atom is -0.464 e. The summed E-state index contributed by atoms with van der Waals surface area (Å²) in [6.45, 7) is 16.8. The van der Waals surface area contributed by atoms with Gasteiger partial charge in [-0.1, -0.05) is 27.7 Å². The first-order valence-electron chi connectivity index (χ1n) is 12.5. The summed E-state index contributed by atoms with van der Waals surface area (Å²) in [4.78, 5) is 20.2. The summed E-state index contributed by atoms with van der Waals surface area (Å²) in [5.74, 6) is 0.285. The number of carbonyl (C=O) groups is 1. The smallest absolute Gasteiger partial charge is 0.244 e. The molecule has 0 atom stereocenters. The van der Waals surface area contributed by atoms with Crippen LogP contribution in [-0.2, 0) is 21.4 Å².